The number of imidazole rings is 1. The second-order valence-corrected chi connectivity index (χ2v) is 6.76. The number of rotatable bonds is 5. The maximum absolute atomic E-state index is 11.0. The number of nitro benzene ring substituents is 1. The van der Waals surface area contributed by atoms with Gasteiger partial charge in [0, 0.05) is 49.9 Å². The van der Waals surface area contributed by atoms with Crippen LogP contribution >= 0.6 is 0 Å². The average molecular weight is 385 g/mol. The Bertz CT molecular complexity index is 1210. The fourth-order valence-corrected chi connectivity index (χ4v) is 3.07. The molecule has 0 spiro atoms. The van der Waals surface area contributed by atoms with E-state index < -0.39 is 4.92 Å². The molecule has 0 atom stereocenters. The van der Waals surface area contributed by atoms with Gasteiger partial charge >= 0.3 is 0 Å². The molecule has 0 bridgehead atoms. The zero-order valence-electron chi connectivity index (χ0n) is 16.1. The average Bonchev–Trinajstić information content (AvgIpc) is 3.11. The van der Waals surface area contributed by atoms with Crippen LogP contribution in [0.2, 0.25) is 0 Å². The van der Waals surface area contributed by atoms with Gasteiger partial charge in [-0.15, -0.1) is 0 Å². The van der Waals surface area contributed by atoms with Gasteiger partial charge in [0.05, 0.1) is 4.92 Å². The lowest BCUT2D eigenvalue weighted by Gasteiger charge is -2.12. The van der Waals surface area contributed by atoms with Crippen LogP contribution in [0.1, 0.15) is 5.56 Å². The van der Waals surface area contributed by atoms with E-state index in [-0.39, 0.29) is 5.69 Å². The van der Waals surface area contributed by atoms with Crippen LogP contribution in [-0.4, -0.2) is 34.6 Å². The van der Waals surface area contributed by atoms with Crippen molar-refractivity contribution in [3.05, 3.63) is 88.6 Å². The van der Waals surface area contributed by atoms with Gasteiger partial charge in [0.25, 0.3) is 5.69 Å². The number of hydrogen-bond acceptors (Lipinski definition) is 5. The van der Waals surface area contributed by atoms with Gasteiger partial charge in [-0.2, -0.15) is 0 Å². The van der Waals surface area contributed by atoms with Gasteiger partial charge in [-0.25, -0.2) is 9.98 Å². The minimum absolute atomic E-state index is 0.0339. The molecule has 7 nitrogen and oxygen atoms in total. The summed E-state index contributed by atoms with van der Waals surface area (Å²) in [5.41, 5.74) is 4.27. The van der Waals surface area contributed by atoms with Crippen molar-refractivity contribution in [3.63, 3.8) is 0 Å². The number of aliphatic imine (C=N–C) groups is 1. The Morgan fingerprint density at radius 3 is 2.59 bits per heavy atom. The van der Waals surface area contributed by atoms with Crippen LogP contribution in [-0.2, 0) is 0 Å². The molecular formula is C22H19N5O2. The Kier molecular flexibility index (Phi) is 4.78. The predicted molar refractivity (Wildman–Crippen MR) is 115 cm³/mol. The Labute approximate surface area is 167 Å². The summed E-state index contributed by atoms with van der Waals surface area (Å²) < 4.78 is 1.91. The standard InChI is InChI=1S/C22H19N5O2/c1-25(2)18-11-9-17(10-12-18)21-22(26-13-4-3-8-20(26)24-21)23-15-16-6-5-7-19(14-16)27(28)29/h3-15H,1-2H3/b23-15+. The molecule has 4 aromatic rings. The second-order valence-electron chi connectivity index (χ2n) is 6.76. The smallest absolute Gasteiger partial charge is 0.270 e. The van der Waals surface area contributed by atoms with Crippen LogP contribution in [0.5, 0.6) is 0 Å². The van der Waals surface area contributed by atoms with Crippen LogP contribution in [0.15, 0.2) is 77.9 Å². The molecule has 0 radical (unpaired) electrons. The maximum atomic E-state index is 11.0. The Morgan fingerprint density at radius 2 is 1.86 bits per heavy atom. The lowest BCUT2D eigenvalue weighted by atomic mass is 10.1. The van der Waals surface area contributed by atoms with Gasteiger partial charge in [-0.3, -0.25) is 14.5 Å². The molecule has 0 saturated heterocycles. The van der Waals surface area contributed by atoms with Crippen molar-refractivity contribution in [3.8, 4) is 11.3 Å². The monoisotopic (exact) mass is 385 g/mol. The van der Waals surface area contributed by atoms with E-state index >= 15 is 0 Å². The van der Waals surface area contributed by atoms with Crippen LogP contribution in [0.4, 0.5) is 17.2 Å². The Balaban J connectivity index is 1.80. The number of pyridine rings is 1. The molecule has 2 aromatic heterocycles. The van der Waals surface area contributed by atoms with E-state index in [0.717, 1.165) is 22.6 Å². The van der Waals surface area contributed by atoms with Crippen LogP contribution in [0, 0.1) is 10.1 Å². The summed E-state index contributed by atoms with van der Waals surface area (Å²) in [4.78, 5) is 22.0. The minimum Gasteiger partial charge on any atom is -0.378 e. The van der Waals surface area contributed by atoms with Crippen molar-refractivity contribution in [2.45, 2.75) is 0 Å². The molecule has 144 valence electrons. The molecule has 0 aliphatic rings. The normalized spacial score (nSPS) is 11.2. The number of aromatic nitrogens is 2. The van der Waals surface area contributed by atoms with Gasteiger partial charge in [0.1, 0.15) is 11.3 Å². The molecule has 7 heteroatoms. The third-order valence-corrected chi connectivity index (χ3v) is 4.58. The number of nitro groups is 1. The van der Waals surface area contributed by atoms with Crippen LogP contribution in [0.3, 0.4) is 0 Å². The third-order valence-electron chi connectivity index (χ3n) is 4.58. The largest absolute Gasteiger partial charge is 0.378 e. The van der Waals surface area contributed by atoms with Gasteiger partial charge < -0.3 is 4.90 Å². The molecule has 0 fully saturated rings. The first-order valence-electron chi connectivity index (χ1n) is 9.06. The fraction of sp³-hybridized carbons (Fsp3) is 0.0909. The van der Waals surface area contributed by atoms with E-state index in [9.17, 15) is 10.1 Å². The highest BCUT2D eigenvalue weighted by atomic mass is 16.6. The first-order valence-corrected chi connectivity index (χ1v) is 9.06. The third kappa shape index (κ3) is 3.70. The van der Waals surface area contributed by atoms with E-state index in [4.69, 9.17) is 4.98 Å². The van der Waals surface area contributed by atoms with E-state index in [1.54, 1.807) is 18.3 Å². The van der Waals surface area contributed by atoms with Crippen molar-refractivity contribution in [1.29, 1.82) is 0 Å². The molecule has 0 saturated carbocycles. The minimum atomic E-state index is -0.413. The number of benzene rings is 2. The number of anilines is 1. The molecule has 2 heterocycles. The highest BCUT2D eigenvalue weighted by molar-refractivity contribution is 5.86. The number of fused-ring (bicyclic) bond motifs is 1. The van der Waals surface area contributed by atoms with E-state index in [0.29, 0.717) is 11.4 Å². The summed E-state index contributed by atoms with van der Waals surface area (Å²) >= 11 is 0. The van der Waals surface area contributed by atoms with E-state index in [1.165, 1.54) is 12.1 Å². The summed E-state index contributed by atoms with van der Waals surface area (Å²) in [6, 6.07) is 20.3. The molecule has 0 unspecified atom stereocenters. The Morgan fingerprint density at radius 1 is 1.07 bits per heavy atom. The van der Waals surface area contributed by atoms with E-state index in [2.05, 4.69) is 4.99 Å². The summed E-state index contributed by atoms with van der Waals surface area (Å²) in [5, 5.41) is 11.0. The second kappa shape index (κ2) is 7.55. The molecule has 0 amide bonds. The first kappa shape index (κ1) is 18.4. The molecular weight excluding hydrogens is 366 g/mol. The number of hydrogen-bond donors (Lipinski definition) is 0. The van der Waals surface area contributed by atoms with Crippen molar-refractivity contribution in [1.82, 2.24) is 9.38 Å². The molecule has 29 heavy (non-hydrogen) atoms. The molecule has 4 rings (SSSR count). The van der Waals surface area contributed by atoms with Crippen LogP contribution in [0.25, 0.3) is 16.9 Å². The van der Waals surface area contributed by atoms with E-state index in [1.807, 2.05) is 72.1 Å². The summed E-state index contributed by atoms with van der Waals surface area (Å²) in [6.45, 7) is 0. The zero-order chi connectivity index (χ0) is 20.4. The number of nitrogens with zero attached hydrogens (tertiary/aromatic N) is 5. The molecule has 0 aliphatic heterocycles. The van der Waals surface area contributed by atoms with Crippen molar-refractivity contribution in [2.75, 3.05) is 19.0 Å². The predicted octanol–water partition coefficient (Wildman–Crippen LogP) is 4.73. The fourth-order valence-electron chi connectivity index (χ4n) is 3.07. The van der Waals surface area contributed by atoms with Crippen LogP contribution < -0.4 is 4.90 Å². The summed E-state index contributed by atoms with van der Waals surface area (Å²) in [5.74, 6) is 0.671. The highest BCUT2D eigenvalue weighted by Gasteiger charge is 2.13. The lowest BCUT2D eigenvalue weighted by Crippen LogP contribution is -2.07. The molecule has 2 aromatic carbocycles. The number of non-ortho nitro benzene ring substituents is 1. The van der Waals surface area contributed by atoms with Gasteiger partial charge in [0.2, 0.25) is 0 Å². The highest BCUT2D eigenvalue weighted by Crippen LogP contribution is 2.32. The summed E-state index contributed by atoms with van der Waals surface area (Å²) in [6.07, 6.45) is 3.53. The Hall–Kier alpha value is -4.00. The molecule has 0 aliphatic carbocycles. The lowest BCUT2D eigenvalue weighted by molar-refractivity contribution is -0.384. The van der Waals surface area contributed by atoms with Crippen molar-refractivity contribution >= 4 is 29.1 Å². The quantitative estimate of drug-likeness (QED) is 0.283. The maximum Gasteiger partial charge on any atom is 0.270 e. The van der Waals surface area contributed by atoms with Crippen molar-refractivity contribution < 1.29 is 4.92 Å². The van der Waals surface area contributed by atoms with Gasteiger partial charge in [-0.05, 0) is 29.8 Å². The summed E-state index contributed by atoms with van der Waals surface area (Å²) in [7, 11) is 3.99. The zero-order valence-corrected chi connectivity index (χ0v) is 16.1. The SMILES string of the molecule is CN(C)c1ccc(-c2nc3ccccn3c2/N=C/c2cccc([N+](=O)[O-])c2)cc1. The first-order chi connectivity index (χ1) is 14.0. The molecule has 0 N–H and O–H groups in total. The van der Waals surface area contributed by atoms with Crippen molar-refractivity contribution in [2.24, 2.45) is 4.99 Å². The van der Waals surface area contributed by atoms with Gasteiger partial charge in [0.15, 0.2) is 5.82 Å². The topological polar surface area (TPSA) is 76.0 Å². The van der Waals surface area contributed by atoms with Gasteiger partial charge in [-0.1, -0.05) is 30.3 Å².